The Bertz CT molecular complexity index is 511. The molecule has 3 heteroatoms. The SMILES string of the molecule is C=Cn1cc(CNC(C)c2ccc(C)cc2)cn1. The van der Waals surface area contributed by atoms with Crippen LogP contribution in [-0.2, 0) is 6.54 Å². The van der Waals surface area contributed by atoms with Crippen molar-refractivity contribution < 1.29 is 0 Å². The molecule has 1 unspecified atom stereocenters. The van der Waals surface area contributed by atoms with Gasteiger partial charge in [-0.15, -0.1) is 0 Å². The fourth-order valence-corrected chi connectivity index (χ4v) is 1.81. The van der Waals surface area contributed by atoms with Gasteiger partial charge < -0.3 is 5.32 Å². The molecule has 3 nitrogen and oxygen atoms in total. The summed E-state index contributed by atoms with van der Waals surface area (Å²) in [5.41, 5.74) is 3.75. The number of benzene rings is 1. The second kappa shape index (κ2) is 5.65. The van der Waals surface area contributed by atoms with Gasteiger partial charge in [0.1, 0.15) is 0 Å². The zero-order valence-electron chi connectivity index (χ0n) is 10.9. The standard InChI is InChI=1S/C15H19N3/c1-4-18-11-14(10-17-18)9-16-13(3)15-7-5-12(2)6-8-15/h4-8,10-11,13,16H,1,9H2,2-3H3. The maximum Gasteiger partial charge on any atom is 0.0538 e. The van der Waals surface area contributed by atoms with Gasteiger partial charge in [-0.2, -0.15) is 5.10 Å². The van der Waals surface area contributed by atoms with Gasteiger partial charge in [0, 0.05) is 30.5 Å². The first-order chi connectivity index (χ1) is 8.69. The summed E-state index contributed by atoms with van der Waals surface area (Å²) in [4.78, 5) is 0. The van der Waals surface area contributed by atoms with Crippen LogP contribution in [0.4, 0.5) is 0 Å². The molecule has 0 fully saturated rings. The molecule has 0 aliphatic rings. The number of hydrogen-bond donors (Lipinski definition) is 1. The van der Waals surface area contributed by atoms with Gasteiger partial charge in [-0.1, -0.05) is 36.4 Å². The minimum Gasteiger partial charge on any atom is -0.306 e. The highest BCUT2D eigenvalue weighted by atomic mass is 15.2. The Kier molecular flexibility index (Phi) is 3.95. The molecule has 0 saturated carbocycles. The van der Waals surface area contributed by atoms with Crippen LogP contribution in [0.5, 0.6) is 0 Å². The van der Waals surface area contributed by atoms with Gasteiger partial charge in [-0.3, -0.25) is 0 Å². The molecule has 0 aliphatic heterocycles. The van der Waals surface area contributed by atoms with E-state index >= 15 is 0 Å². The van der Waals surface area contributed by atoms with Crippen LogP contribution in [0, 0.1) is 6.92 Å². The maximum atomic E-state index is 4.16. The Morgan fingerprint density at radius 1 is 1.39 bits per heavy atom. The lowest BCUT2D eigenvalue weighted by atomic mass is 10.1. The largest absolute Gasteiger partial charge is 0.306 e. The lowest BCUT2D eigenvalue weighted by Crippen LogP contribution is -2.17. The fourth-order valence-electron chi connectivity index (χ4n) is 1.81. The van der Waals surface area contributed by atoms with Crippen molar-refractivity contribution >= 4 is 6.20 Å². The minimum absolute atomic E-state index is 0.331. The van der Waals surface area contributed by atoms with Gasteiger partial charge in [0.15, 0.2) is 0 Å². The Hall–Kier alpha value is -1.87. The van der Waals surface area contributed by atoms with Gasteiger partial charge in [0.2, 0.25) is 0 Å². The number of nitrogens with zero attached hydrogens (tertiary/aromatic N) is 2. The summed E-state index contributed by atoms with van der Waals surface area (Å²) >= 11 is 0. The molecule has 94 valence electrons. The van der Waals surface area contributed by atoms with Gasteiger partial charge >= 0.3 is 0 Å². The highest BCUT2D eigenvalue weighted by Crippen LogP contribution is 2.13. The number of rotatable bonds is 5. The highest BCUT2D eigenvalue weighted by molar-refractivity contribution is 5.24. The molecule has 0 radical (unpaired) electrons. The fraction of sp³-hybridized carbons (Fsp3) is 0.267. The van der Waals surface area contributed by atoms with Crippen molar-refractivity contribution in [2.75, 3.05) is 0 Å². The molecule has 1 N–H and O–H groups in total. The molecule has 0 amide bonds. The van der Waals surface area contributed by atoms with E-state index in [0.29, 0.717) is 6.04 Å². The summed E-state index contributed by atoms with van der Waals surface area (Å²) in [6, 6.07) is 8.95. The molecule has 1 aromatic heterocycles. The lowest BCUT2D eigenvalue weighted by Gasteiger charge is -2.13. The molecular formula is C15H19N3. The Morgan fingerprint density at radius 3 is 2.72 bits per heavy atom. The van der Waals surface area contributed by atoms with Crippen molar-refractivity contribution in [1.29, 1.82) is 0 Å². The first-order valence-corrected chi connectivity index (χ1v) is 6.14. The number of nitrogens with one attached hydrogen (secondary N) is 1. The smallest absolute Gasteiger partial charge is 0.0538 e. The molecule has 1 aromatic carbocycles. The predicted octanol–water partition coefficient (Wildman–Crippen LogP) is 3.14. The zero-order valence-corrected chi connectivity index (χ0v) is 10.9. The lowest BCUT2D eigenvalue weighted by molar-refractivity contribution is 0.574. The number of aromatic nitrogens is 2. The van der Waals surface area contributed by atoms with E-state index in [0.717, 1.165) is 12.1 Å². The maximum absolute atomic E-state index is 4.16. The Labute approximate surface area is 108 Å². The van der Waals surface area contributed by atoms with Crippen LogP contribution in [0.15, 0.2) is 43.2 Å². The van der Waals surface area contributed by atoms with Crippen molar-refractivity contribution in [3.8, 4) is 0 Å². The van der Waals surface area contributed by atoms with Crippen LogP contribution in [-0.4, -0.2) is 9.78 Å². The number of hydrogen-bond acceptors (Lipinski definition) is 2. The molecule has 0 spiro atoms. The van der Waals surface area contributed by atoms with E-state index in [-0.39, 0.29) is 0 Å². The third-order valence-corrected chi connectivity index (χ3v) is 3.03. The summed E-state index contributed by atoms with van der Waals surface area (Å²) in [6.45, 7) is 8.76. The summed E-state index contributed by atoms with van der Waals surface area (Å²) < 4.78 is 1.72. The molecular weight excluding hydrogens is 222 g/mol. The molecule has 1 heterocycles. The topological polar surface area (TPSA) is 29.9 Å². The van der Waals surface area contributed by atoms with E-state index in [1.807, 2.05) is 12.4 Å². The van der Waals surface area contributed by atoms with Crippen LogP contribution >= 0.6 is 0 Å². The van der Waals surface area contributed by atoms with Crippen LogP contribution in [0.2, 0.25) is 0 Å². The molecule has 2 aromatic rings. The molecule has 2 rings (SSSR count). The van der Waals surface area contributed by atoms with E-state index in [2.05, 4.69) is 55.1 Å². The van der Waals surface area contributed by atoms with E-state index in [9.17, 15) is 0 Å². The average Bonchev–Trinajstić information content (AvgIpc) is 2.85. The van der Waals surface area contributed by atoms with E-state index in [1.165, 1.54) is 11.1 Å². The quantitative estimate of drug-likeness (QED) is 0.871. The van der Waals surface area contributed by atoms with Crippen LogP contribution in [0.1, 0.15) is 29.7 Å². The van der Waals surface area contributed by atoms with E-state index in [4.69, 9.17) is 0 Å². The van der Waals surface area contributed by atoms with Gasteiger partial charge in [0.05, 0.1) is 6.20 Å². The summed E-state index contributed by atoms with van der Waals surface area (Å²) in [5.74, 6) is 0. The van der Waals surface area contributed by atoms with Gasteiger partial charge in [0.25, 0.3) is 0 Å². The van der Waals surface area contributed by atoms with Crippen LogP contribution in [0.25, 0.3) is 6.20 Å². The van der Waals surface area contributed by atoms with Crippen molar-refractivity contribution in [3.63, 3.8) is 0 Å². The monoisotopic (exact) mass is 241 g/mol. The molecule has 0 saturated heterocycles. The second-order valence-electron chi connectivity index (χ2n) is 4.52. The van der Waals surface area contributed by atoms with Crippen molar-refractivity contribution in [2.45, 2.75) is 26.4 Å². The third-order valence-electron chi connectivity index (χ3n) is 3.03. The summed E-state index contributed by atoms with van der Waals surface area (Å²) in [7, 11) is 0. The summed E-state index contributed by atoms with van der Waals surface area (Å²) in [5, 5.41) is 7.64. The predicted molar refractivity (Wildman–Crippen MR) is 75.0 cm³/mol. The zero-order chi connectivity index (χ0) is 13.0. The van der Waals surface area contributed by atoms with Crippen molar-refractivity contribution in [1.82, 2.24) is 15.1 Å². The highest BCUT2D eigenvalue weighted by Gasteiger charge is 2.05. The van der Waals surface area contributed by atoms with Crippen molar-refractivity contribution in [3.05, 3.63) is 59.9 Å². The second-order valence-corrected chi connectivity index (χ2v) is 4.52. The Balaban J connectivity index is 1.93. The minimum atomic E-state index is 0.331. The van der Waals surface area contributed by atoms with Crippen LogP contribution < -0.4 is 5.32 Å². The normalized spacial score (nSPS) is 12.3. The van der Waals surface area contributed by atoms with E-state index in [1.54, 1.807) is 10.9 Å². The Morgan fingerprint density at radius 2 is 2.11 bits per heavy atom. The number of aryl methyl sites for hydroxylation is 1. The van der Waals surface area contributed by atoms with Gasteiger partial charge in [-0.05, 0) is 19.4 Å². The molecule has 18 heavy (non-hydrogen) atoms. The third kappa shape index (κ3) is 3.08. The van der Waals surface area contributed by atoms with Crippen LogP contribution in [0.3, 0.4) is 0 Å². The van der Waals surface area contributed by atoms with Gasteiger partial charge in [-0.25, -0.2) is 4.68 Å². The average molecular weight is 241 g/mol. The molecule has 0 aliphatic carbocycles. The first kappa shape index (κ1) is 12.6. The molecule has 1 atom stereocenters. The van der Waals surface area contributed by atoms with Crippen molar-refractivity contribution in [2.24, 2.45) is 0 Å². The molecule has 0 bridgehead atoms. The van der Waals surface area contributed by atoms with E-state index < -0.39 is 0 Å². The first-order valence-electron chi connectivity index (χ1n) is 6.14. The summed E-state index contributed by atoms with van der Waals surface area (Å²) in [6.07, 6.45) is 5.52.